The summed E-state index contributed by atoms with van der Waals surface area (Å²) in [6.45, 7) is 13.1. The SMILES string of the molecule is COC(=O)N[C@H](C(=O)N1C[C@H](C)C[C@H]1c1ncc(-c2ccc(-c3ccc(-c4ccc(-c5cnc([C@@H]6C[C@@H](C)CN6C(=O)[C@@H](NC(=O)OC)C(C)C)[nH]5)cc4)c4c3C3CCC4N3C)cc2)[nH]1)C(C)C. The lowest BCUT2D eigenvalue weighted by Crippen LogP contribution is -2.51. The molecule has 68 heavy (non-hydrogen) atoms. The average molecular weight is 924 g/mol. The van der Waals surface area contributed by atoms with Crippen LogP contribution in [0.5, 0.6) is 0 Å². The monoisotopic (exact) mass is 924 g/mol. The number of aromatic amines is 2. The molecule has 15 nitrogen and oxygen atoms in total. The van der Waals surface area contributed by atoms with E-state index < -0.39 is 24.3 Å². The number of carbonyl (C=O) groups is 4. The van der Waals surface area contributed by atoms with E-state index in [1.165, 1.54) is 47.6 Å². The molecule has 0 radical (unpaired) electrons. The highest BCUT2D eigenvalue weighted by Gasteiger charge is 2.45. The van der Waals surface area contributed by atoms with Gasteiger partial charge in [0.25, 0.3) is 0 Å². The van der Waals surface area contributed by atoms with Crippen LogP contribution in [0.3, 0.4) is 0 Å². The van der Waals surface area contributed by atoms with Crippen LogP contribution in [-0.4, -0.2) is 105 Å². The van der Waals surface area contributed by atoms with Gasteiger partial charge in [-0.05, 0) is 101 Å². The number of nitrogens with zero attached hydrogens (tertiary/aromatic N) is 5. The number of fused-ring (bicyclic) bond motifs is 5. The highest BCUT2D eigenvalue weighted by Crippen LogP contribution is 2.57. The molecule has 6 heterocycles. The van der Waals surface area contributed by atoms with Gasteiger partial charge in [0.05, 0.1) is 50.1 Å². The van der Waals surface area contributed by atoms with Gasteiger partial charge in [0.1, 0.15) is 23.7 Å². The second kappa shape index (κ2) is 18.9. The van der Waals surface area contributed by atoms with Crippen LogP contribution in [0.1, 0.15) is 114 Å². The van der Waals surface area contributed by atoms with Crippen molar-refractivity contribution in [3.8, 4) is 44.8 Å². The van der Waals surface area contributed by atoms with E-state index >= 15 is 0 Å². The summed E-state index contributed by atoms with van der Waals surface area (Å²) in [5.74, 6) is 1.55. The molecule has 358 valence electrons. The van der Waals surface area contributed by atoms with Crippen LogP contribution < -0.4 is 10.6 Å². The van der Waals surface area contributed by atoms with Crippen LogP contribution in [0.2, 0.25) is 0 Å². The highest BCUT2D eigenvalue weighted by atomic mass is 16.5. The van der Waals surface area contributed by atoms with Gasteiger partial charge in [-0.3, -0.25) is 14.5 Å². The summed E-state index contributed by atoms with van der Waals surface area (Å²) >= 11 is 0. The van der Waals surface area contributed by atoms with Crippen molar-refractivity contribution in [2.45, 2.75) is 103 Å². The number of hydrogen-bond donors (Lipinski definition) is 4. The number of rotatable bonds is 12. The third kappa shape index (κ3) is 8.65. The first kappa shape index (κ1) is 46.6. The minimum Gasteiger partial charge on any atom is -0.453 e. The molecule has 2 bridgehead atoms. The maximum atomic E-state index is 13.8. The number of methoxy groups -OCH3 is 2. The fourth-order valence-corrected chi connectivity index (χ4v) is 11.3. The predicted octanol–water partition coefficient (Wildman–Crippen LogP) is 9.20. The minimum atomic E-state index is -0.700. The molecule has 3 saturated heterocycles. The lowest BCUT2D eigenvalue weighted by atomic mass is 9.81. The number of alkyl carbamates (subject to hydrolysis) is 2. The van der Waals surface area contributed by atoms with Crippen LogP contribution >= 0.6 is 0 Å². The Bertz CT molecular complexity index is 2490. The fraction of sp³-hybridized carbons (Fsp3) is 0.472. The summed E-state index contributed by atoms with van der Waals surface area (Å²) in [5, 5.41) is 5.48. The first-order chi connectivity index (χ1) is 32.6. The van der Waals surface area contributed by atoms with Crippen molar-refractivity contribution in [3.63, 3.8) is 0 Å². The molecule has 2 aromatic heterocycles. The van der Waals surface area contributed by atoms with Crippen molar-refractivity contribution in [1.82, 2.24) is 45.3 Å². The van der Waals surface area contributed by atoms with E-state index in [-0.39, 0.29) is 47.6 Å². The lowest BCUT2D eigenvalue weighted by molar-refractivity contribution is -0.136. The van der Waals surface area contributed by atoms with Gasteiger partial charge in [-0.1, -0.05) is 102 Å². The number of aromatic nitrogens is 4. The summed E-state index contributed by atoms with van der Waals surface area (Å²) in [5.41, 5.74) is 11.5. The largest absolute Gasteiger partial charge is 0.453 e. The second-order valence-electron chi connectivity index (χ2n) is 20.2. The smallest absolute Gasteiger partial charge is 0.407 e. The molecule has 4 amide bonds. The molecule has 9 rings (SSSR count). The van der Waals surface area contributed by atoms with Gasteiger partial charge in [0.15, 0.2) is 0 Å². The zero-order valence-electron chi connectivity index (χ0n) is 40.6. The van der Waals surface area contributed by atoms with Gasteiger partial charge in [0, 0.05) is 25.2 Å². The zero-order chi connectivity index (χ0) is 48.1. The molecule has 5 aromatic rings. The van der Waals surface area contributed by atoms with E-state index in [9.17, 15) is 19.2 Å². The third-order valence-corrected chi connectivity index (χ3v) is 14.9. The molecule has 4 aliphatic rings. The Labute approximate surface area is 398 Å². The highest BCUT2D eigenvalue weighted by molar-refractivity contribution is 5.87. The van der Waals surface area contributed by atoms with Gasteiger partial charge >= 0.3 is 12.2 Å². The standard InChI is InChI=1S/C53H65N9O6/c1-28(2)46(58-52(65)67-8)50(63)61-26-30(5)22-42(61)48-54-24-38(56-48)34-14-10-32(11-15-34)36-18-19-37(45-41-21-20-40(44(36)45)60(41)7)33-12-16-35(17-13-33)39-25-55-49(57-39)43-23-31(6)27-62(43)51(64)47(29(3)4)59-53(66)68-9/h10-19,24-25,28-31,40-43,46-47H,20-23,26-27H2,1-9H3,(H,54,56)(H,55,57)(H,58,65)(H,59,66)/t30-,31-,40?,41?,42+,43+,46+,47+/m1/s1. The van der Waals surface area contributed by atoms with E-state index in [1.54, 1.807) is 0 Å². The Morgan fingerprint density at radius 3 is 1.31 bits per heavy atom. The molecule has 0 saturated carbocycles. The molecule has 0 aliphatic carbocycles. The third-order valence-electron chi connectivity index (χ3n) is 14.9. The Morgan fingerprint density at radius 1 is 0.588 bits per heavy atom. The Balaban J connectivity index is 0.932. The van der Waals surface area contributed by atoms with Crippen LogP contribution in [0.25, 0.3) is 44.8 Å². The quantitative estimate of drug-likeness (QED) is 0.0950. The first-order valence-electron chi connectivity index (χ1n) is 24.2. The fourth-order valence-electron chi connectivity index (χ4n) is 11.3. The van der Waals surface area contributed by atoms with Crippen molar-refractivity contribution >= 4 is 24.0 Å². The maximum Gasteiger partial charge on any atom is 0.407 e. The normalized spacial score (nSPS) is 23.0. The second-order valence-corrected chi connectivity index (χ2v) is 20.2. The first-order valence-corrected chi connectivity index (χ1v) is 24.2. The molecule has 4 aliphatic heterocycles. The molecular weight excluding hydrogens is 859 g/mol. The van der Waals surface area contributed by atoms with Crippen molar-refractivity contribution in [1.29, 1.82) is 0 Å². The lowest BCUT2D eigenvalue weighted by Gasteiger charge is -2.30. The predicted molar refractivity (Wildman–Crippen MR) is 260 cm³/mol. The number of likely N-dealkylation sites (tertiary alicyclic amines) is 2. The Hall–Kier alpha value is -6.48. The van der Waals surface area contributed by atoms with Gasteiger partial charge in [-0.15, -0.1) is 0 Å². The molecule has 3 fully saturated rings. The number of amides is 4. The summed E-state index contributed by atoms with van der Waals surface area (Å²) < 4.78 is 9.64. The van der Waals surface area contributed by atoms with Crippen molar-refractivity contribution in [2.75, 3.05) is 34.4 Å². The number of benzene rings is 3. The van der Waals surface area contributed by atoms with Crippen LogP contribution in [0.15, 0.2) is 73.1 Å². The number of H-pyrrole nitrogens is 2. The van der Waals surface area contributed by atoms with E-state index in [0.717, 1.165) is 59.8 Å². The van der Waals surface area contributed by atoms with Crippen LogP contribution in [0.4, 0.5) is 9.59 Å². The van der Waals surface area contributed by atoms with E-state index in [4.69, 9.17) is 19.4 Å². The minimum absolute atomic E-state index is 0.114. The number of ether oxygens (including phenoxy) is 2. The Morgan fingerprint density at radius 2 is 0.956 bits per heavy atom. The number of hydrogen-bond acceptors (Lipinski definition) is 9. The molecule has 0 spiro atoms. The van der Waals surface area contributed by atoms with E-state index in [0.29, 0.717) is 25.2 Å². The summed E-state index contributed by atoms with van der Waals surface area (Å²) in [6.07, 6.45) is 6.26. The topological polar surface area (TPSA) is 178 Å². The van der Waals surface area contributed by atoms with Gasteiger partial charge in [-0.25, -0.2) is 19.6 Å². The maximum absolute atomic E-state index is 13.8. The Kier molecular flexibility index (Phi) is 13.0. The number of imidazole rings is 2. The summed E-state index contributed by atoms with van der Waals surface area (Å²) in [6, 6.07) is 20.8. The van der Waals surface area contributed by atoms with E-state index in [2.05, 4.69) is 107 Å². The summed E-state index contributed by atoms with van der Waals surface area (Å²) in [7, 11) is 4.86. The molecule has 3 aromatic carbocycles. The van der Waals surface area contributed by atoms with Crippen molar-refractivity contribution < 1.29 is 28.7 Å². The molecule has 2 unspecified atom stereocenters. The van der Waals surface area contributed by atoms with Crippen molar-refractivity contribution in [3.05, 3.63) is 95.8 Å². The van der Waals surface area contributed by atoms with E-state index in [1.807, 2.05) is 49.9 Å². The van der Waals surface area contributed by atoms with Crippen LogP contribution in [0, 0.1) is 23.7 Å². The van der Waals surface area contributed by atoms with Gasteiger partial charge in [0.2, 0.25) is 11.8 Å². The average Bonchev–Trinajstić information content (AvgIpc) is 4.22. The van der Waals surface area contributed by atoms with Gasteiger partial charge in [-0.2, -0.15) is 0 Å². The molecule has 8 atom stereocenters. The molecule has 4 N–H and O–H groups in total. The summed E-state index contributed by atoms with van der Waals surface area (Å²) in [4.78, 5) is 74.9. The number of nitrogens with one attached hydrogen (secondary N) is 4. The van der Waals surface area contributed by atoms with Crippen LogP contribution in [-0.2, 0) is 19.1 Å². The molecular formula is C53H65N9O6. The zero-order valence-corrected chi connectivity index (χ0v) is 40.6. The number of carbonyl (C=O) groups excluding carboxylic acids is 4. The van der Waals surface area contributed by atoms with Gasteiger partial charge < -0.3 is 39.9 Å². The van der Waals surface area contributed by atoms with Crippen molar-refractivity contribution in [2.24, 2.45) is 23.7 Å². The molecule has 15 heteroatoms.